The van der Waals surface area contributed by atoms with Gasteiger partial charge in [-0.2, -0.15) is 4.98 Å². The lowest BCUT2D eigenvalue weighted by atomic mass is 10.1. The van der Waals surface area contributed by atoms with Gasteiger partial charge in [-0.1, -0.05) is 0 Å². The molecule has 2 heterocycles. The van der Waals surface area contributed by atoms with Gasteiger partial charge in [0.2, 0.25) is 11.8 Å². The van der Waals surface area contributed by atoms with Gasteiger partial charge >= 0.3 is 23.9 Å². The van der Waals surface area contributed by atoms with Crippen LogP contribution in [0.4, 0.5) is 0 Å². The maximum Gasteiger partial charge on any atom is 0.320 e. The summed E-state index contributed by atoms with van der Waals surface area (Å²) in [6.45, 7) is 1.48. The largest absolute Gasteiger partial charge is 0.502 e. The molecule has 0 saturated heterocycles. The predicted octanol–water partition coefficient (Wildman–Crippen LogP) is -0.598. The third kappa shape index (κ3) is 19.7. The van der Waals surface area contributed by atoms with E-state index >= 15 is 0 Å². The lowest BCUT2D eigenvalue weighted by molar-refractivity contribution is -0.140. The number of aromatic hydroxyl groups is 1. The molecule has 0 spiro atoms. The summed E-state index contributed by atoms with van der Waals surface area (Å²) in [5, 5.41) is 49.6. The summed E-state index contributed by atoms with van der Waals surface area (Å²) in [7, 11) is 1.20. The average Bonchev–Trinajstić information content (AvgIpc) is 3.21. The number of hydrogen-bond donors (Lipinski definition) is 10. The number of nitrogens with one attached hydrogen (secondary N) is 3. The molecule has 2 aromatic heterocycles. The van der Waals surface area contributed by atoms with Crippen LogP contribution in [0.25, 0.3) is 0 Å². The first kappa shape index (κ1) is 53.1. The minimum absolute atomic E-state index is 0.0813. The number of nitrogens with zero attached hydrogens (tertiary/aromatic N) is 3. The number of amides is 2. The minimum Gasteiger partial charge on any atom is -0.502 e. The van der Waals surface area contributed by atoms with Gasteiger partial charge in [0.1, 0.15) is 29.5 Å². The number of ether oxygens (including phenoxy) is 1. The van der Waals surface area contributed by atoms with Crippen molar-refractivity contribution >= 4 is 76.6 Å². The second kappa shape index (κ2) is 26.5. The fraction of sp³-hybridized carbons (Fsp3) is 0.541. The van der Waals surface area contributed by atoms with Crippen LogP contribution in [-0.4, -0.2) is 141 Å². The highest BCUT2D eigenvalue weighted by molar-refractivity contribution is 7.99. The summed E-state index contributed by atoms with van der Waals surface area (Å²) in [6.07, 6.45) is -3.32. The summed E-state index contributed by atoms with van der Waals surface area (Å²) in [4.78, 5) is 139. The van der Waals surface area contributed by atoms with Crippen LogP contribution in [0.2, 0.25) is 0 Å². The Hall–Kier alpha value is -5.99. The van der Waals surface area contributed by atoms with E-state index in [1.807, 2.05) is 0 Å². The number of aliphatic carboxylic acids is 4. The molecule has 0 aliphatic carbocycles. The van der Waals surface area contributed by atoms with Crippen molar-refractivity contribution in [3.05, 3.63) is 40.0 Å². The van der Waals surface area contributed by atoms with Crippen molar-refractivity contribution in [2.45, 2.75) is 106 Å². The topological polar surface area (TPSA) is 412 Å². The van der Waals surface area contributed by atoms with E-state index in [-0.39, 0.29) is 47.6 Å². The fourth-order valence-corrected chi connectivity index (χ4v) is 7.98. The smallest absolute Gasteiger partial charge is 0.320 e. The number of thioether (sulfide) groups is 2. The van der Waals surface area contributed by atoms with Crippen LogP contribution in [0.15, 0.2) is 17.1 Å². The molecule has 2 rings (SSSR count). The van der Waals surface area contributed by atoms with Crippen molar-refractivity contribution < 1.29 is 73.4 Å². The van der Waals surface area contributed by atoms with E-state index in [2.05, 4.69) is 30.6 Å². The van der Waals surface area contributed by atoms with Crippen LogP contribution < -0.4 is 32.4 Å². The molecule has 0 fully saturated rings. The number of rotatable bonds is 31. The second-order valence-corrected chi connectivity index (χ2v) is 16.4. The Balaban J connectivity index is 2.48. The van der Waals surface area contributed by atoms with Crippen molar-refractivity contribution in [2.75, 3.05) is 18.6 Å². The number of H-pyrrole nitrogens is 1. The SMILES string of the molecule is COc1nc(C(CC(=O)CC(SC[C@H](NC(=O)CC[C@H](N)C(=O)O)C(=O)CCC(=O)O)c2cc(=O)[nH]c(C)n2)SC[C@H](NC(=O)CC[C@@H](N)C(=O)O)C(=O)CCC(=O)O)ncc1O. The van der Waals surface area contributed by atoms with Gasteiger partial charge in [0.05, 0.1) is 54.4 Å². The maximum absolute atomic E-state index is 14.1. The zero-order valence-corrected chi connectivity index (χ0v) is 35.8. The maximum atomic E-state index is 14.1. The molecular weight excluding hydrogens is 877 g/mol. The highest BCUT2D eigenvalue weighted by Crippen LogP contribution is 2.37. The Morgan fingerprint density at radius 1 is 0.746 bits per heavy atom. The molecule has 346 valence electrons. The van der Waals surface area contributed by atoms with Crippen LogP contribution in [0, 0.1) is 6.92 Å². The molecule has 2 unspecified atom stereocenters. The third-order valence-electron chi connectivity index (χ3n) is 8.82. The molecule has 2 amide bonds. The molecule has 24 nitrogen and oxygen atoms in total. The molecular formula is C37H50N8O16S2. The summed E-state index contributed by atoms with van der Waals surface area (Å²) >= 11 is 1.82. The first-order valence-corrected chi connectivity index (χ1v) is 21.2. The number of carboxylic acids is 4. The lowest BCUT2D eigenvalue weighted by Crippen LogP contribution is -2.43. The number of aromatic nitrogens is 4. The number of methoxy groups -OCH3 is 1. The molecule has 2 aromatic rings. The first-order chi connectivity index (χ1) is 29.6. The summed E-state index contributed by atoms with van der Waals surface area (Å²) in [6, 6.07) is -4.33. The van der Waals surface area contributed by atoms with E-state index in [4.69, 9.17) is 26.4 Å². The van der Waals surface area contributed by atoms with Crippen LogP contribution in [0.5, 0.6) is 11.6 Å². The normalized spacial score (nSPS) is 13.9. The van der Waals surface area contributed by atoms with Gasteiger partial charge in [-0.3, -0.25) is 47.9 Å². The number of hydrogen-bond acceptors (Lipinski definition) is 19. The molecule has 6 atom stereocenters. The Morgan fingerprint density at radius 2 is 1.22 bits per heavy atom. The van der Waals surface area contributed by atoms with Gasteiger partial charge in [0.25, 0.3) is 11.4 Å². The lowest BCUT2D eigenvalue weighted by Gasteiger charge is -2.23. The van der Waals surface area contributed by atoms with Crippen molar-refractivity contribution in [2.24, 2.45) is 11.5 Å². The van der Waals surface area contributed by atoms with Gasteiger partial charge < -0.3 is 57.4 Å². The molecule has 12 N–H and O–H groups in total. The van der Waals surface area contributed by atoms with E-state index in [9.17, 15) is 63.3 Å². The number of aromatic amines is 1. The molecule has 0 aliphatic rings. The predicted molar refractivity (Wildman–Crippen MR) is 222 cm³/mol. The monoisotopic (exact) mass is 926 g/mol. The summed E-state index contributed by atoms with van der Waals surface area (Å²) in [5.74, 6) is -9.98. The second-order valence-electron chi connectivity index (χ2n) is 13.9. The Bertz CT molecular complexity index is 2050. The average molecular weight is 927 g/mol. The van der Waals surface area contributed by atoms with Gasteiger partial charge in [-0.05, 0) is 19.8 Å². The number of aryl methyl sites for hydroxylation is 1. The summed E-state index contributed by atoms with van der Waals surface area (Å²) < 4.78 is 5.11. The third-order valence-corrected chi connectivity index (χ3v) is 11.5. The number of Topliss-reactive ketones (excluding diaryl/α,β-unsaturated/α-hetero) is 3. The number of carboxylic acid groups (broad SMARTS) is 4. The van der Waals surface area contributed by atoms with E-state index in [0.29, 0.717) is 0 Å². The Labute approximate surface area is 367 Å². The Kier molecular flexibility index (Phi) is 22.3. The van der Waals surface area contributed by atoms with Crippen LogP contribution in [-0.2, 0) is 43.2 Å². The molecule has 0 aliphatic heterocycles. The van der Waals surface area contributed by atoms with E-state index in [1.54, 1.807) is 0 Å². The van der Waals surface area contributed by atoms with Crippen molar-refractivity contribution in [3.63, 3.8) is 0 Å². The van der Waals surface area contributed by atoms with Crippen LogP contribution in [0.3, 0.4) is 0 Å². The van der Waals surface area contributed by atoms with Gasteiger partial charge in [-0.25, -0.2) is 9.97 Å². The molecule has 0 saturated carbocycles. The molecule has 0 radical (unpaired) electrons. The van der Waals surface area contributed by atoms with Gasteiger partial charge in [-0.15, -0.1) is 23.5 Å². The van der Waals surface area contributed by atoms with Crippen molar-refractivity contribution in [3.8, 4) is 11.6 Å². The standard InChI is InChI=1S/C37H50N8O16S2/c1-17-41-21(13-31(52)42-17)27(62-15-22(24(47)5-9-32(53)54)43-29(50)7-3-19(38)36(57)58)11-18(46)12-28(34-40-14-26(49)35(45-34)61-2)63-16-23(25(48)6-10-33(55)56)44-30(51)8-4-20(39)37(59)60/h13-14,19-20,22-23,27-28,49H,3-12,15-16,38-39H2,1-2H3,(H,43,50)(H,44,51)(H,53,54)(H,55,56)(H,57,58)(H,59,60)(H,41,42,52)/t19-,20+,22-,23-,27?,28?/m0/s1. The fourth-order valence-electron chi connectivity index (χ4n) is 5.43. The van der Waals surface area contributed by atoms with E-state index in [0.717, 1.165) is 35.8 Å². The van der Waals surface area contributed by atoms with Crippen LogP contribution >= 0.6 is 23.5 Å². The first-order valence-electron chi connectivity index (χ1n) is 19.1. The number of carbonyl (C=O) groups is 9. The van der Waals surface area contributed by atoms with E-state index < -0.39 is 150 Å². The quantitative estimate of drug-likeness (QED) is 0.0451. The van der Waals surface area contributed by atoms with Gasteiger partial charge in [0, 0.05) is 56.1 Å². The number of carbonyl (C=O) groups excluding carboxylic acids is 5. The molecule has 0 bridgehead atoms. The van der Waals surface area contributed by atoms with Gasteiger partial charge in [0.15, 0.2) is 17.3 Å². The summed E-state index contributed by atoms with van der Waals surface area (Å²) in [5.41, 5.74) is 10.5. The van der Waals surface area contributed by atoms with Crippen LogP contribution in [0.1, 0.15) is 92.1 Å². The highest BCUT2D eigenvalue weighted by Gasteiger charge is 2.31. The molecule has 63 heavy (non-hydrogen) atoms. The molecule has 26 heteroatoms. The Morgan fingerprint density at radius 3 is 1.67 bits per heavy atom. The molecule has 0 aromatic carbocycles. The minimum atomic E-state index is -1.38. The van der Waals surface area contributed by atoms with Crippen molar-refractivity contribution in [1.29, 1.82) is 0 Å². The number of ketones is 3. The van der Waals surface area contributed by atoms with E-state index in [1.165, 1.54) is 14.0 Å². The highest BCUT2D eigenvalue weighted by atomic mass is 32.2. The zero-order valence-electron chi connectivity index (χ0n) is 34.1. The van der Waals surface area contributed by atoms with Crippen molar-refractivity contribution in [1.82, 2.24) is 30.6 Å². The number of nitrogens with two attached hydrogens (primary N) is 2. The zero-order chi connectivity index (χ0) is 47.4.